The van der Waals surface area contributed by atoms with Crippen LogP contribution in [0.3, 0.4) is 0 Å². The van der Waals surface area contributed by atoms with Crippen molar-refractivity contribution >= 4 is 5.91 Å². The maximum atomic E-state index is 13.3. The second-order valence-corrected chi connectivity index (χ2v) is 8.95. The zero-order chi connectivity index (χ0) is 23.8. The summed E-state index contributed by atoms with van der Waals surface area (Å²) in [5, 5.41) is 2.52. The molecule has 2 fully saturated rings. The molecule has 1 aliphatic carbocycles. The van der Waals surface area contributed by atoms with Crippen LogP contribution < -0.4 is 5.32 Å². The Morgan fingerprint density at radius 1 is 0.909 bits per heavy atom. The number of carbonyl (C=O) groups is 1. The predicted octanol–water partition coefficient (Wildman–Crippen LogP) is 5.50. The van der Waals surface area contributed by atoms with Crippen LogP contribution >= 0.6 is 0 Å². The van der Waals surface area contributed by atoms with Crippen LogP contribution in [0.1, 0.15) is 35.1 Å². The number of alkyl halides is 6. The lowest BCUT2D eigenvalue weighted by atomic mass is 10.0. The van der Waals surface area contributed by atoms with Gasteiger partial charge in [-0.2, -0.15) is 26.3 Å². The Balaban J connectivity index is 1.33. The molecule has 0 radical (unpaired) electrons. The van der Waals surface area contributed by atoms with E-state index in [9.17, 15) is 31.1 Å². The second-order valence-electron chi connectivity index (χ2n) is 8.95. The molecule has 9 heteroatoms. The number of halogens is 6. The number of hydrogen-bond donors (Lipinski definition) is 1. The van der Waals surface area contributed by atoms with Crippen molar-refractivity contribution in [2.75, 3.05) is 13.1 Å². The molecule has 1 saturated carbocycles. The Kier molecular flexibility index (Phi) is 6.44. The van der Waals surface area contributed by atoms with Crippen molar-refractivity contribution in [3.63, 3.8) is 0 Å². The zero-order valence-corrected chi connectivity index (χ0v) is 17.7. The molecule has 1 N–H and O–H groups in total. The van der Waals surface area contributed by atoms with Crippen molar-refractivity contribution < 1.29 is 31.1 Å². The molecule has 0 bridgehead atoms. The highest BCUT2D eigenvalue weighted by Crippen LogP contribution is 2.42. The third-order valence-electron chi connectivity index (χ3n) is 6.64. The van der Waals surface area contributed by atoms with Gasteiger partial charge in [-0.05, 0) is 47.9 Å². The summed E-state index contributed by atoms with van der Waals surface area (Å²) in [6, 6.07) is 11.6. The Morgan fingerprint density at radius 2 is 1.55 bits per heavy atom. The first-order valence-corrected chi connectivity index (χ1v) is 10.8. The molecule has 33 heavy (non-hydrogen) atoms. The van der Waals surface area contributed by atoms with Crippen LogP contribution in [0, 0.1) is 17.8 Å². The lowest BCUT2D eigenvalue weighted by Gasteiger charge is -2.19. The molecule has 1 amide bonds. The van der Waals surface area contributed by atoms with E-state index in [4.69, 9.17) is 0 Å². The quantitative estimate of drug-likeness (QED) is 0.586. The third-order valence-corrected chi connectivity index (χ3v) is 6.64. The number of carbonyl (C=O) groups excluding carboxylic acids is 1. The second kappa shape index (κ2) is 9.00. The first-order valence-electron chi connectivity index (χ1n) is 10.8. The highest BCUT2D eigenvalue weighted by atomic mass is 19.4. The number of nitrogens with one attached hydrogen (secondary N) is 1. The van der Waals surface area contributed by atoms with Crippen LogP contribution in [0.4, 0.5) is 26.3 Å². The van der Waals surface area contributed by atoms with Gasteiger partial charge in [-0.1, -0.05) is 36.4 Å². The molecule has 3 atom stereocenters. The first kappa shape index (κ1) is 23.6. The van der Waals surface area contributed by atoms with Crippen LogP contribution in [0.5, 0.6) is 0 Å². The molecule has 0 spiro atoms. The molecule has 3 nitrogen and oxygen atoms in total. The summed E-state index contributed by atoms with van der Waals surface area (Å²) < 4.78 is 78.4. The summed E-state index contributed by atoms with van der Waals surface area (Å²) in [6.07, 6.45) is -8.49. The molecule has 1 aliphatic heterocycles. The number of amides is 1. The van der Waals surface area contributed by atoms with Gasteiger partial charge in [-0.25, -0.2) is 0 Å². The van der Waals surface area contributed by atoms with Crippen molar-refractivity contribution in [1.82, 2.24) is 10.2 Å². The highest BCUT2D eigenvalue weighted by molar-refractivity contribution is 5.79. The summed E-state index contributed by atoms with van der Waals surface area (Å²) in [7, 11) is 0. The summed E-state index contributed by atoms with van der Waals surface area (Å²) in [5.41, 5.74) is -1.90. The molecule has 1 heterocycles. The molecule has 1 unspecified atom stereocenters. The summed E-state index contributed by atoms with van der Waals surface area (Å²) >= 11 is 0. The fourth-order valence-electron chi connectivity index (χ4n) is 5.08. The number of hydrogen-bond acceptors (Lipinski definition) is 2. The van der Waals surface area contributed by atoms with Crippen molar-refractivity contribution in [3.8, 4) is 0 Å². The SMILES string of the molecule is O=C(NCc1ccc(C(F)(F)F)cc1C(F)(F)F)C1C[C@@H]2CN(Cc3ccccc3)C[C@@H]2C1. The minimum Gasteiger partial charge on any atom is -0.352 e. The van der Waals surface area contributed by atoms with E-state index in [1.807, 2.05) is 18.2 Å². The summed E-state index contributed by atoms with van der Waals surface area (Å²) in [4.78, 5) is 15.0. The minimum absolute atomic E-state index is 0.1000. The largest absolute Gasteiger partial charge is 0.416 e. The summed E-state index contributed by atoms with van der Waals surface area (Å²) in [5.74, 6) is 0.0947. The minimum atomic E-state index is -4.95. The van der Waals surface area contributed by atoms with Crippen LogP contribution in [0.2, 0.25) is 0 Å². The van der Waals surface area contributed by atoms with Gasteiger partial charge in [0.1, 0.15) is 0 Å². The number of benzene rings is 2. The molecular weight excluding hydrogens is 446 g/mol. The lowest BCUT2D eigenvalue weighted by molar-refractivity contribution is -0.143. The van der Waals surface area contributed by atoms with E-state index in [0.717, 1.165) is 25.7 Å². The number of likely N-dealkylation sites (tertiary alicyclic amines) is 1. The molecule has 178 valence electrons. The van der Waals surface area contributed by atoms with Crippen LogP contribution in [-0.2, 0) is 30.2 Å². The molecule has 0 aromatic heterocycles. The number of rotatable bonds is 5. The molecule has 2 aromatic carbocycles. The average Bonchev–Trinajstić information content (AvgIpc) is 3.30. The normalized spacial score (nSPS) is 23.5. The van der Waals surface area contributed by atoms with Gasteiger partial charge >= 0.3 is 12.4 Å². The van der Waals surface area contributed by atoms with Gasteiger partial charge < -0.3 is 5.32 Å². The van der Waals surface area contributed by atoms with Gasteiger partial charge in [0.15, 0.2) is 0 Å². The third kappa shape index (κ3) is 5.51. The zero-order valence-electron chi connectivity index (χ0n) is 17.7. The van der Waals surface area contributed by atoms with Crippen molar-refractivity contribution in [2.24, 2.45) is 17.8 Å². The van der Waals surface area contributed by atoms with Gasteiger partial charge in [0.25, 0.3) is 0 Å². The Bertz CT molecular complexity index is 975. The van der Waals surface area contributed by atoms with Gasteiger partial charge in [0.2, 0.25) is 5.91 Å². The Morgan fingerprint density at radius 3 is 2.12 bits per heavy atom. The Labute approximate surface area is 187 Å². The van der Waals surface area contributed by atoms with Crippen molar-refractivity contribution in [2.45, 2.75) is 38.3 Å². The van der Waals surface area contributed by atoms with E-state index in [1.54, 1.807) is 0 Å². The van der Waals surface area contributed by atoms with Crippen molar-refractivity contribution in [1.29, 1.82) is 0 Å². The highest BCUT2D eigenvalue weighted by Gasteiger charge is 2.43. The van der Waals surface area contributed by atoms with Crippen LogP contribution in [0.15, 0.2) is 48.5 Å². The summed E-state index contributed by atoms with van der Waals surface area (Å²) in [6.45, 7) is 2.14. The molecular formula is C24H24F6N2O. The van der Waals surface area contributed by atoms with Crippen LogP contribution in [0.25, 0.3) is 0 Å². The Hall–Kier alpha value is -2.55. The molecule has 4 rings (SSSR count). The van der Waals surface area contributed by atoms with E-state index >= 15 is 0 Å². The van der Waals surface area contributed by atoms with Gasteiger partial charge in [0, 0.05) is 32.1 Å². The monoisotopic (exact) mass is 470 g/mol. The lowest BCUT2D eigenvalue weighted by Crippen LogP contribution is -2.31. The van der Waals surface area contributed by atoms with E-state index < -0.39 is 30.0 Å². The van der Waals surface area contributed by atoms with Gasteiger partial charge in [0.05, 0.1) is 11.1 Å². The van der Waals surface area contributed by atoms with Crippen molar-refractivity contribution in [3.05, 3.63) is 70.8 Å². The maximum Gasteiger partial charge on any atom is 0.416 e. The molecule has 2 aliphatic rings. The van der Waals surface area contributed by atoms with Crippen LogP contribution in [-0.4, -0.2) is 23.9 Å². The first-order chi connectivity index (χ1) is 15.5. The molecule has 2 aromatic rings. The number of nitrogens with zero attached hydrogens (tertiary/aromatic N) is 1. The average molecular weight is 470 g/mol. The van der Waals surface area contributed by atoms with E-state index in [2.05, 4.69) is 22.3 Å². The predicted molar refractivity (Wildman–Crippen MR) is 110 cm³/mol. The standard InChI is InChI=1S/C24H24F6N2O/c25-23(26,27)20-7-6-16(21(10-20)24(28,29)30)11-31-22(33)17-8-18-13-32(14-19(18)9-17)12-15-4-2-1-3-5-15/h1-7,10,17-19H,8-9,11-14H2,(H,31,33)/t17?,18-,19+. The fourth-order valence-corrected chi connectivity index (χ4v) is 5.08. The van der Waals surface area contributed by atoms with E-state index in [0.29, 0.717) is 30.7 Å². The van der Waals surface area contributed by atoms with Gasteiger partial charge in [-0.15, -0.1) is 0 Å². The fraction of sp³-hybridized carbons (Fsp3) is 0.458. The number of fused-ring (bicyclic) bond motifs is 1. The molecule has 1 saturated heterocycles. The topological polar surface area (TPSA) is 32.3 Å². The van der Waals surface area contributed by atoms with E-state index in [-0.39, 0.29) is 23.5 Å². The van der Waals surface area contributed by atoms with E-state index in [1.165, 1.54) is 5.56 Å². The smallest absolute Gasteiger partial charge is 0.352 e. The van der Waals surface area contributed by atoms with Gasteiger partial charge in [-0.3, -0.25) is 9.69 Å². The maximum absolute atomic E-state index is 13.3.